The number of sulfonamides is 1. The van der Waals surface area contributed by atoms with Crippen LogP contribution in [0.1, 0.15) is 46.5 Å². The largest absolute Gasteiger partial charge is 0.339 e. The van der Waals surface area contributed by atoms with Gasteiger partial charge in [-0.2, -0.15) is 0 Å². The van der Waals surface area contributed by atoms with Crippen LogP contribution >= 0.6 is 0 Å². The first kappa shape index (κ1) is 15.8. The predicted octanol–water partition coefficient (Wildman–Crippen LogP) is 1.35. The lowest BCUT2D eigenvalue weighted by Gasteiger charge is -2.19. The maximum absolute atomic E-state index is 11.9. The Morgan fingerprint density at radius 1 is 1.30 bits per heavy atom. The van der Waals surface area contributed by atoms with Gasteiger partial charge in [0.15, 0.2) is 0 Å². The summed E-state index contributed by atoms with van der Waals surface area (Å²) in [6.45, 7) is 7.20. The molecule has 1 aliphatic heterocycles. The van der Waals surface area contributed by atoms with Gasteiger partial charge in [-0.3, -0.25) is 4.79 Å². The molecule has 0 spiro atoms. The summed E-state index contributed by atoms with van der Waals surface area (Å²) in [4.78, 5) is 13.7. The molecule has 0 bridgehead atoms. The minimum absolute atomic E-state index is 0.0147. The van der Waals surface area contributed by atoms with E-state index < -0.39 is 10.0 Å². The first-order valence-corrected chi connectivity index (χ1v) is 9.08. The van der Waals surface area contributed by atoms with Crippen molar-refractivity contribution in [3.63, 3.8) is 0 Å². The van der Waals surface area contributed by atoms with E-state index >= 15 is 0 Å². The molecule has 1 atom stereocenters. The lowest BCUT2D eigenvalue weighted by atomic mass is 9.94. The highest BCUT2D eigenvalue weighted by Crippen LogP contribution is 2.32. The van der Waals surface area contributed by atoms with Crippen molar-refractivity contribution in [2.75, 3.05) is 18.8 Å². The molecule has 0 aromatic rings. The summed E-state index contributed by atoms with van der Waals surface area (Å²) < 4.78 is 26.5. The van der Waals surface area contributed by atoms with Gasteiger partial charge < -0.3 is 4.90 Å². The van der Waals surface area contributed by atoms with E-state index in [2.05, 4.69) is 4.72 Å². The summed E-state index contributed by atoms with van der Waals surface area (Å²) in [6, 6.07) is 0.435. The number of nitrogens with one attached hydrogen (secondary N) is 1. The van der Waals surface area contributed by atoms with Gasteiger partial charge in [0.2, 0.25) is 15.9 Å². The molecule has 20 heavy (non-hydrogen) atoms. The fourth-order valence-electron chi connectivity index (χ4n) is 2.44. The average Bonchev–Trinajstić information content (AvgIpc) is 3.08. The molecule has 0 radical (unpaired) electrons. The Labute approximate surface area is 122 Å². The molecule has 1 saturated carbocycles. The van der Waals surface area contributed by atoms with E-state index in [9.17, 15) is 13.2 Å². The van der Waals surface area contributed by atoms with Crippen molar-refractivity contribution in [2.45, 2.75) is 52.5 Å². The molecular weight excluding hydrogens is 276 g/mol. The number of hydrogen-bond donors (Lipinski definition) is 1. The lowest BCUT2D eigenvalue weighted by Crippen LogP contribution is -2.34. The van der Waals surface area contributed by atoms with Gasteiger partial charge in [0, 0.05) is 25.6 Å². The second-order valence-corrected chi connectivity index (χ2v) is 9.25. The van der Waals surface area contributed by atoms with E-state index in [1.54, 1.807) is 0 Å². The van der Waals surface area contributed by atoms with Crippen LogP contribution in [0.5, 0.6) is 0 Å². The number of likely N-dealkylation sites (tertiary alicyclic amines) is 1. The van der Waals surface area contributed by atoms with E-state index in [0.717, 1.165) is 12.8 Å². The molecule has 6 heteroatoms. The lowest BCUT2D eigenvalue weighted by molar-refractivity contribution is -0.128. The van der Waals surface area contributed by atoms with E-state index in [4.69, 9.17) is 0 Å². The Balaban J connectivity index is 1.76. The molecule has 1 amide bonds. The molecule has 0 aromatic carbocycles. The summed E-state index contributed by atoms with van der Waals surface area (Å²) in [6.07, 6.45) is 3.34. The van der Waals surface area contributed by atoms with Crippen LogP contribution in [0.4, 0.5) is 0 Å². The second kappa shape index (κ2) is 5.64. The van der Waals surface area contributed by atoms with Gasteiger partial charge in [0.1, 0.15) is 0 Å². The van der Waals surface area contributed by atoms with E-state index in [-0.39, 0.29) is 23.0 Å². The SMILES string of the molecule is CC(C)(C)CCS(=O)(=O)NCC1CC(=O)N(C2CC2)C1. The maximum Gasteiger partial charge on any atom is 0.223 e. The molecule has 1 N–H and O–H groups in total. The molecule has 0 aromatic heterocycles. The first-order chi connectivity index (χ1) is 9.16. The van der Waals surface area contributed by atoms with Crippen LogP contribution < -0.4 is 4.72 Å². The molecule has 1 heterocycles. The number of amides is 1. The highest BCUT2D eigenvalue weighted by molar-refractivity contribution is 7.89. The fraction of sp³-hybridized carbons (Fsp3) is 0.929. The van der Waals surface area contributed by atoms with Crippen LogP contribution in [-0.2, 0) is 14.8 Å². The zero-order chi connectivity index (χ0) is 15.0. The molecule has 2 aliphatic rings. The normalized spacial score (nSPS) is 24.4. The van der Waals surface area contributed by atoms with E-state index in [0.29, 0.717) is 32.0 Å². The van der Waals surface area contributed by atoms with Gasteiger partial charge in [0.05, 0.1) is 5.75 Å². The molecule has 1 aliphatic carbocycles. The van der Waals surface area contributed by atoms with Crippen molar-refractivity contribution in [3.05, 3.63) is 0 Å². The third-order valence-corrected chi connectivity index (χ3v) is 5.29. The maximum atomic E-state index is 11.9. The Hall–Kier alpha value is -0.620. The molecule has 1 unspecified atom stereocenters. The van der Waals surface area contributed by atoms with Gasteiger partial charge in [0.25, 0.3) is 0 Å². The van der Waals surface area contributed by atoms with Gasteiger partial charge in [-0.1, -0.05) is 20.8 Å². The number of carbonyl (C=O) groups is 1. The Bertz CT molecular complexity index is 463. The number of rotatable bonds is 6. The van der Waals surface area contributed by atoms with Gasteiger partial charge in [-0.15, -0.1) is 0 Å². The molecule has 5 nitrogen and oxygen atoms in total. The van der Waals surface area contributed by atoms with E-state index in [1.165, 1.54) is 0 Å². The van der Waals surface area contributed by atoms with Crippen LogP contribution in [0.2, 0.25) is 0 Å². The summed E-state index contributed by atoms with van der Waals surface area (Å²) in [5, 5.41) is 0. The Morgan fingerprint density at radius 3 is 2.50 bits per heavy atom. The van der Waals surface area contributed by atoms with Gasteiger partial charge in [-0.25, -0.2) is 13.1 Å². The molecule has 2 fully saturated rings. The van der Waals surface area contributed by atoms with Crippen molar-refractivity contribution >= 4 is 15.9 Å². The average molecular weight is 302 g/mol. The molecule has 116 valence electrons. The number of hydrogen-bond acceptors (Lipinski definition) is 3. The Morgan fingerprint density at radius 2 is 1.95 bits per heavy atom. The quantitative estimate of drug-likeness (QED) is 0.805. The van der Waals surface area contributed by atoms with Crippen molar-refractivity contribution in [1.82, 2.24) is 9.62 Å². The number of carbonyl (C=O) groups excluding carboxylic acids is 1. The van der Waals surface area contributed by atoms with Crippen molar-refractivity contribution in [1.29, 1.82) is 0 Å². The van der Waals surface area contributed by atoms with Crippen LogP contribution in [-0.4, -0.2) is 44.1 Å². The van der Waals surface area contributed by atoms with E-state index in [1.807, 2.05) is 25.7 Å². The van der Waals surface area contributed by atoms with Crippen LogP contribution in [0, 0.1) is 11.3 Å². The zero-order valence-electron chi connectivity index (χ0n) is 12.7. The molecular formula is C14H26N2O3S. The smallest absolute Gasteiger partial charge is 0.223 e. The topological polar surface area (TPSA) is 66.5 Å². The summed E-state index contributed by atoms with van der Waals surface area (Å²) in [7, 11) is -3.22. The van der Waals surface area contributed by atoms with Crippen LogP contribution in [0.25, 0.3) is 0 Å². The minimum atomic E-state index is -3.22. The molecule has 1 saturated heterocycles. The second-order valence-electron chi connectivity index (χ2n) is 7.33. The first-order valence-electron chi connectivity index (χ1n) is 7.43. The van der Waals surface area contributed by atoms with Crippen LogP contribution in [0.3, 0.4) is 0 Å². The predicted molar refractivity (Wildman–Crippen MR) is 78.7 cm³/mol. The third kappa shape index (κ3) is 4.74. The molecule has 2 rings (SSSR count). The summed E-state index contributed by atoms with van der Waals surface area (Å²) in [5.41, 5.74) is 0.0147. The zero-order valence-corrected chi connectivity index (χ0v) is 13.5. The Kier molecular flexibility index (Phi) is 4.44. The standard InChI is InChI=1S/C14H26N2O3S/c1-14(2,3)6-7-20(18,19)15-9-11-8-13(17)16(10-11)12-4-5-12/h11-12,15H,4-10H2,1-3H3. The van der Waals surface area contributed by atoms with Crippen molar-refractivity contribution in [3.8, 4) is 0 Å². The highest BCUT2D eigenvalue weighted by Gasteiger charge is 2.39. The monoisotopic (exact) mass is 302 g/mol. The van der Waals surface area contributed by atoms with Crippen molar-refractivity contribution in [2.24, 2.45) is 11.3 Å². The van der Waals surface area contributed by atoms with Gasteiger partial charge >= 0.3 is 0 Å². The fourth-order valence-corrected chi connectivity index (χ4v) is 3.96. The minimum Gasteiger partial charge on any atom is -0.339 e. The summed E-state index contributed by atoms with van der Waals surface area (Å²) >= 11 is 0. The van der Waals surface area contributed by atoms with Gasteiger partial charge in [-0.05, 0) is 30.6 Å². The third-order valence-electron chi connectivity index (χ3n) is 3.94. The highest BCUT2D eigenvalue weighted by atomic mass is 32.2. The van der Waals surface area contributed by atoms with Crippen molar-refractivity contribution < 1.29 is 13.2 Å². The number of nitrogens with zero attached hydrogens (tertiary/aromatic N) is 1. The summed E-state index contributed by atoms with van der Waals surface area (Å²) in [5.74, 6) is 0.475. The van der Waals surface area contributed by atoms with Crippen LogP contribution in [0.15, 0.2) is 0 Å².